The van der Waals surface area contributed by atoms with Gasteiger partial charge in [-0.1, -0.05) is 47.5 Å². The molecule has 1 heterocycles. The molecule has 158 valence electrons. The van der Waals surface area contributed by atoms with Crippen molar-refractivity contribution in [2.24, 2.45) is 0 Å². The van der Waals surface area contributed by atoms with Crippen LogP contribution >= 0.6 is 0 Å². The van der Waals surface area contributed by atoms with Gasteiger partial charge in [-0.3, -0.25) is 9.59 Å². The summed E-state index contributed by atoms with van der Waals surface area (Å²) in [6.07, 6.45) is 0. The number of hydrogen-bond acceptors (Lipinski definition) is 5. The van der Waals surface area contributed by atoms with Crippen molar-refractivity contribution in [1.29, 1.82) is 0 Å². The Hall–Kier alpha value is -2.96. The van der Waals surface area contributed by atoms with E-state index in [2.05, 4.69) is 0 Å². The lowest BCUT2D eigenvalue weighted by molar-refractivity contribution is -0.120. The largest absolute Gasteiger partial charge is 0.383 e. The van der Waals surface area contributed by atoms with E-state index in [1.165, 1.54) is 4.90 Å². The molecule has 0 bridgehead atoms. The monoisotopic (exact) mass is 408 g/mol. The van der Waals surface area contributed by atoms with E-state index in [-0.39, 0.29) is 11.8 Å². The van der Waals surface area contributed by atoms with Gasteiger partial charge < -0.3 is 14.4 Å². The fourth-order valence-corrected chi connectivity index (χ4v) is 3.46. The average Bonchev–Trinajstić information content (AvgIpc) is 3.00. The van der Waals surface area contributed by atoms with Gasteiger partial charge >= 0.3 is 0 Å². The lowest BCUT2D eigenvalue weighted by Gasteiger charge is -2.25. The summed E-state index contributed by atoms with van der Waals surface area (Å²) in [5, 5.41) is 0. The zero-order valence-corrected chi connectivity index (χ0v) is 18.0. The molecule has 0 atom stereocenters. The van der Waals surface area contributed by atoms with Crippen LogP contribution in [0.25, 0.3) is 5.57 Å². The van der Waals surface area contributed by atoms with Crippen molar-refractivity contribution in [3.63, 3.8) is 0 Å². The second kappa shape index (κ2) is 9.69. The van der Waals surface area contributed by atoms with Crippen molar-refractivity contribution < 1.29 is 19.1 Å². The Morgan fingerprint density at radius 3 is 1.77 bits per heavy atom. The molecule has 0 unspecified atom stereocenters. The van der Waals surface area contributed by atoms with Gasteiger partial charge in [0.15, 0.2) is 0 Å². The number of methoxy groups -OCH3 is 2. The Labute approximate surface area is 177 Å². The SMILES string of the molecule is COCCN(CCOC)C1=C(c2ccc(C)cc2)C(=O)N(c2ccc(C)cc2)C1=O. The minimum atomic E-state index is -0.327. The molecule has 0 fully saturated rings. The first-order valence-electron chi connectivity index (χ1n) is 9.97. The molecular weight excluding hydrogens is 380 g/mol. The fourth-order valence-electron chi connectivity index (χ4n) is 3.46. The van der Waals surface area contributed by atoms with Crippen molar-refractivity contribution in [2.45, 2.75) is 13.8 Å². The van der Waals surface area contributed by atoms with Crippen LogP contribution in [0.1, 0.15) is 16.7 Å². The molecule has 0 saturated carbocycles. The van der Waals surface area contributed by atoms with Crippen LogP contribution in [0.4, 0.5) is 5.69 Å². The highest BCUT2D eigenvalue weighted by molar-refractivity contribution is 6.45. The number of nitrogens with zero attached hydrogens (tertiary/aromatic N) is 2. The number of carbonyl (C=O) groups excluding carboxylic acids is 2. The maximum absolute atomic E-state index is 13.5. The normalized spacial score (nSPS) is 14.1. The van der Waals surface area contributed by atoms with Crippen LogP contribution < -0.4 is 4.90 Å². The lowest BCUT2D eigenvalue weighted by Crippen LogP contribution is -2.37. The molecule has 30 heavy (non-hydrogen) atoms. The second-order valence-corrected chi connectivity index (χ2v) is 7.34. The summed E-state index contributed by atoms with van der Waals surface area (Å²) in [5.41, 5.74) is 4.23. The molecule has 0 radical (unpaired) electrons. The highest BCUT2D eigenvalue weighted by Crippen LogP contribution is 2.35. The molecule has 1 aliphatic heterocycles. The average molecular weight is 408 g/mol. The van der Waals surface area contributed by atoms with E-state index < -0.39 is 0 Å². The highest BCUT2D eigenvalue weighted by atomic mass is 16.5. The van der Waals surface area contributed by atoms with Crippen molar-refractivity contribution in [2.75, 3.05) is 45.4 Å². The van der Waals surface area contributed by atoms with Gasteiger partial charge in [-0.25, -0.2) is 4.90 Å². The number of carbonyl (C=O) groups is 2. The Bertz CT molecular complexity index is 925. The summed E-state index contributed by atoms with van der Waals surface area (Å²) < 4.78 is 10.5. The van der Waals surface area contributed by atoms with E-state index in [0.29, 0.717) is 43.3 Å². The second-order valence-electron chi connectivity index (χ2n) is 7.34. The summed E-state index contributed by atoms with van der Waals surface area (Å²) in [5.74, 6) is -0.644. The molecular formula is C24H28N2O4. The van der Waals surface area contributed by atoms with Crippen LogP contribution in [0.3, 0.4) is 0 Å². The molecule has 3 rings (SSSR count). The van der Waals surface area contributed by atoms with Crippen molar-refractivity contribution in [3.05, 3.63) is 70.9 Å². The number of rotatable bonds is 9. The van der Waals surface area contributed by atoms with Crippen molar-refractivity contribution >= 4 is 23.1 Å². The Balaban J connectivity index is 2.11. The van der Waals surface area contributed by atoms with Crippen molar-refractivity contribution in [3.8, 4) is 0 Å². The summed E-state index contributed by atoms with van der Waals surface area (Å²) in [6.45, 7) is 5.77. The zero-order valence-electron chi connectivity index (χ0n) is 18.0. The zero-order chi connectivity index (χ0) is 21.7. The van der Waals surface area contributed by atoms with Crippen LogP contribution in [0.5, 0.6) is 0 Å². The lowest BCUT2D eigenvalue weighted by atomic mass is 10.0. The Kier molecular flexibility index (Phi) is 7.03. The van der Waals surface area contributed by atoms with Crippen LogP contribution in [-0.4, -0.2) is 57.2 Å². The number of anilines is 1. The van der Waals surface area contributed by atoms with Crippen LogP contribution in [0.2, 0.25) is 0 Å². The van der Waals surface area contributed by atoms with Crippen LogP contribution in [-0.2, 0) is 19.1 Å². The van der Waals surface area contributed by atoms with E-state index in [1.54, 1.807) is 26.4 Å². The minimum absolute atomic E-state index is 0.317. The van der Waals surface area contributed by atoms with Gasteiger partial charge in [0, 0.05) is 27.3 Å². The number of imide groups is 1. The van der Waals surface area contributed by atoms with Gasteiger partial charge in [0.05, 0.1) is 24.5 Å². The molecule has 0 saturated heterocycles. The number of ether oxygens (including phenoxy) is 2. The topological polar surface area (TPSA) is 59.1 Å². The van der Waals surface area contributed by atoms with Gasteiger partial charge in [0.2, 0.25) is 0 Å². The Morgan fingerprint density at radius 2 is 1.27 bits per heavy atom. The maximum atomic E-state index is 13.5. The summed E-state index contributed by atoms with van der Waals surface area (Å²) in [7, 11) is 3.23. The molecule has 2 aromatic rings. The molecule has 6 nitrogen and oxygen atoms in total. The van der Waals surface area contributed by atoms with E-state index in [1.807, 2.05) is 55.1 Å². The summed E-state index contributed by atoms with van der Waals surface area (Å²) in [6, 6.07) is 15.1. The van der Waals surface area contributed by atoms with Gasteiger partial charge in [0.25, 0.3) is 11.8 Å². The molecule has 0 aliphatic carbocycles. The molecule has 0 aromatic heterocycles. The maximum Gasteiger partial charge on any atom is 0.282 e. The van der Waals surface area contributed by atoms with Gasteiger partial charge in [0.1, 0.15) is 5.70 Å². The number of hydrogen-bond donors (Lipinski definition) is 0. The third kappa shape index (κ3) is 4.45. The number of aryl methyl sites for hydroxylation is 2. The van der Waals surface area contributed by atoms with Gasteiger partial charge in [-0.15, -0.1) is 0 Å². The number of benzene rings is 2. The first-order valence-corrected chi connectivity index (χ1v) is 9.97. The first kappa shape index (κ1) is 21.7. The molecule has 2 aromatic carbocycles. The summed E-state index contributed by atoms with van der Waals surface area (Å²) >= 11 is 0. The quantitative estimate of drug-likeness (QED) is 0.597. The van der Waals surface area contributed by atoms with E-state index in [4.69, 9.17) is 9.47 Å². The van der Waals surface area contributed by atoms with E-state index >= 15 is 0 Å². The summed E-state index contributed by atoms with van der Waals surface area (Å²) in [4.78, 5) is 30.2. The Morgan fingerprint density at radius 1 is 0.767 bits per heavy atom. The highest BCUT2D eigenvalue weighted by Gasteiger charge is 2.42. The molecule has 1 aliphatic rings. The van der Waals surface area contributed by atoms with Gasteiger partial charge in [-0.05, 0) is 31.5 Å². The molecule has 2 amide bonds. The van der Waals surface area contributed by atoms with Crippen molar-refractivity contribution in [1.82, 2.24) is 4.90 Å². The third-order valence-corrected chi connectivity index (χ3v) is 5.14. The molecule has 0 N–H and O–H groups in total. The van der Waals surface area contributed by atoms with E-state index in [9.17, 15) is 9.59 Å². The fraction of sp³-hybridized carbons (Fsp3) is 0.333. The predicted molar refractivity (Wildman–Crippen MR) is 117 cm³/mol. The van der Waals surface area contributed by atoms with Gasteiger partial charge in [-0.2, -0.15) is 0 Å². The van der Waals surface area contributed by atoms with Crippen LogP contribution in [0, 0.1) is 13.8 Å². The smallest absolute Gasteiger partial charge is 0.282 e. The molecule has 0 spiro atoms. The third-order valence-electron chi connectivity index (χ3n) is 5.14. The standard InChI is InChI=1S/C24H28N2O4/c1-17-5-9-19(10-6-17)21-22(25(13-15-29-3)14-16-30-4)24(28)26(23(21)27)20-11-7-18(2)8-12-20/h5-12H,13-16H2,1-4H3. The van der Waals surface area contributed by atoms with Crippen LogP contribution in [0.15, 0.2) is 54.2 Å². The first-order chi connectivity index (χ1) is 14.5. The minimum Gasteiger partial charge on any atom is -0.383 e. The predicted octanol–water partition coefficient (Wildman–Crippen LogP) is 3.18. The number of amides is 2. The van der Waals surface area contributed by atoms with E-state index in [0.717, 1.165) is 16.7 Å². The molecule has 6 heteroatoms.